The van der Waals surface area contributed by atoms with Crippen molar-refractivity contribution in [3.63, 3.8) is 0 Å². The first-order valence-corrected chi connectivity index (χ1v) is 8.28. The van der Waals surface area contributed by atoms with Crippen molar-refractivity contribution in [2.24, 2.45) is 0 Å². The molecule has 0 aromatic carbocycles. The maximum Gasteiger partial charge on any atom is 0.238 e. The molecule has 0 N–H and O–H groups in total. The standard InChI is InChI=1S/C13H22ClNO2S/c1-13(5-2-10-18-13)12(16)15-7-3-11(4-8-15)17-9-6-14/h11H,2-10H2,1H3. The topological polar surface area (TPSA) is 29.5 Å². The van der Waals surface area contributed by atoms with E-state index in [4.69, 9.17) is 16.3 Å². The van der Waals surface area contributed by atoms with Gasteiger partial charge in [-0.25, -0.2) is 0 Å². The van der Waals surface area contributed by atoms with E-state index in [1.807, 2.05) is 16.7 Å². The first-order valence-electron chi connectivity index (χ1n) is 6.76. The molecule has 0 aromatic heterocycles. The molecule has 0 saturated carbocycles. The lowest BCUT2D eigenvalue weighted by Gasteiger charge is -2.36. The van der Waals surface area contributed by atoms with Gasteiger partial charge in [-0.05, 0) is 38.4 Å². The summed E-state index contributed by atoms with van der Waals surface area (Å²) in [5.74, 6) is 2.01. The molecule has 104 valence electrons. The van der Waals surface area contributed by atoms with E-state index < -0.39 is 0 Å². The predicted octanol–water partition coefficient (Wildman–Crippen LogP) is 2.52. The van der Waals surface area contributed by atoms with E-state index in [1.54, 1.807) is 0 Å². The number of amides is 1. The maximum atomic E-state index is 12.5. The summed E-state index contributed by atoms with van der Waals surface area (Å²) in [6, 6.07) is 0. The highest BCUT2D eigenvalue weighted by atomic mass is 35.5. The summed E-state index contributed by atoms with van der Waals surface area (Å²) in [5, 5.41) is 0. The van der Waals surface area contributed by atoms with Crippen LogP contribution in [0.25, 0.3) is 0 Å². The Morgan fingerprint density at radius 2 is 2.22 bits per heavy atom. The van der Waals surface area contributed by atoms with Crippen LogP contribution in [-0.2, 0) is 9.53 Å². The second-order valence-electron chi connectivity index (χ2n) is 5.23. The smallest absolute Gasteiger partial charge is 0.238 e. The third kappa shape index (κ3) is 3.34. The molecule has 2 saturated heterocycles. The van der Waals surface area contributed by atoms with Crippen molar-refractivity contribution >= 4 is 29.3 Å². The van der Waals surface area contributed by atoms with Gasteiger partial charge in [-0.15, -0.1) is 23.4 Å². The van der Waals surface area contributed by atoms with Crippen molar-refractivity contribution in [1.82, 2.24) is 4.90 Å². The van der Waals surface area contributed by atoms with Crippen LogP contribution in [0.15, 0.2) is 0 Å². The lowest BCUT2D eigenvalue weighted by molar-refractivity contribution is -0.136. The van der Waals surface area contributed by atoms with Gasteiger partial charge in [0.25, 0.3) is 0 Å². The van der Waals surface area contributed by atoms with Crippen LogP contribution in [0, 0.1) is 0 Å². The minimum atomic E-state index is -0.163. The highest BCUT2D eigenvalue weighted by Crippen LogP contribution is 2.39. The number of piperidine rings is 1. The molecule has 0 bridgehead atoms. The lowest BCUT2D eigenvalue weighted by atomic mass is 10.0. The van der Waals surface area contributed by atoms with Gasteiger partial charge in [0, 0.05) is 19.0 Å². The number of hydrogen-bond acceptors (Lipinski definition) is 3. The van der Waals surface area contributed by atoms with Gasteiger partial charge in [0.1, 0.15) is 0 Å². The average Bonchev–Trinajstić information content (AvgIpc) is 2.84. The SMILES string of the molecule is CC1(C(=O)N2CCC(OCCCl)CC2)CCCS1. The zero-order valence-electron chi connectivity index (χ0n) is 11.0. The summed E-state index contributed by atoms with van der Waals surface area (Å²) >= 11 is 7.43. The number of rotatable bonds is 4. The van der Waals surface area contributed by atoms with E-state index in [0.717, 1.165) is 38.1 Å². The third-order valence-electron chi connectivity index (χ3n) is 3.83. The van der Waals surface area contributed by atoms with Gasteiger partial charge in [-0.2, -0.15) is 0 Å². The minimum absolute atomic E-state index is 0.163. The second kappa shape index (κ2) is 6.49. The zero-order chi connectivity index (χ0) is 13.0. The summed E-state index contributed by atoms with van der Waals surface area (Å²) in [4.78, 5) is 14.5. The minimum Gasteiger partial charge on any atom is -0.377 e. The number of carbonyl (C=O) groups is 1. The van der Waals surface area contributed by atoms with Gasteiger partial charge in [-0.1, -0.05) is 0 Å². The van der Waals surface area contributed by atoms with Crippen LogP contribution in [0.3, 0.4) is 0 Å². The molecule has 1 unspecified atom stereocenters. The van der Waals surface area contributed by atoms with Crippen LogP contribution in [0.1, 0.15) is 32.6 Å². The van der Waals surface area contributed by atoms with Gasteiger partial charge in [0.05, 0.1) is 17.5 Å². The highest BCUT2D eigenvalue weighted by Gasteiger charge is 2.40. The largest absolute Gasteiger partial charge is 0.377 e. The first-order chi connectivity index (χ1) is 8.65. The summed E-state index contributed by atoms with van der Waals surface area (Å²) in [7, 11) is 0. The van der Waals surface area contributed by atoms with E-state index in [1.165, 1.54) is 6.42 Å². The Kier molecular flexibility index (Phi) is 5.22. The average molecular weight is 292 g/mol. The van der Waals surface area contributed by atoms with E-state index in [-0.39, 0.29) is 10.9 Å². The Bertz CT molecular complexity index is 287. The number of hydrogen-bond donors (Lipinski definition) is 0. The summed E-state index contributed by atoms with van der Waals surface area (Å²) in [5.41, 5.74) is 0. The molecule has 0 radical (unpaired) electrons. The monoisotopic (exact) mass is 291 g/mol. The molecule has 2 rings (SSSR count). The van der Waals surface area contributed by atoms with E-state index in [9.17, 15) is 4.79 Å². The predicted molar refractivity (Wildman–Crippen MR) is 76.4 cm³/mol. The number of halogens is 1. The zero-order valence-corrected chi connectivity index (χ0v) is 12.6. The Labute approximate surface area is 119 Å². The van der Waals surface area contributed by atoms with E-state index in [2.05, 4.69) is 6.92 Å². The second-order valence-corrected chi connectivity index (χ2v) is 7.21. The van der Waals surface area contributed by atoms with E-state index >= 15 is 0 Å². The molecule has 1 amide bonds. The molecule has 5 heteroatoms. The van der Waals surface area contributed by atoms with Crippen molar-refractivity contribution in [3.05, 3.63) is 0 Å². The fourth-order valence-electron chi connectivity index (χ4n) is 2.72. The van der Waals surface area contributed by atoms with Crippen LogP contribution in [0.2, 0.25) is 0 Å². The normalized spacial score (nSPS) is 29.8. The molecule has 2 aliphatic heterocycles. The number of carbonyl (C=O) groups excluding carboxylic acids is 1. The first kappa shape index (κ1) is 14.5. The molecule has 1 atom stereocenters. The van der Waals surface area contributed by atoms with Crippen molar-refractivity contribution in [2.45, 2.75) is 43.5 Å². The summed E-state index contributed by atoms with van der Waals surface area (Å²) < 4.78 is 5.47. The molecular weight excluding hydrogens is 270 g/mol. The number of alkyl halides is 1. The number of ether oxygens (including phenoxy) is 1. The fourth-order valence-corrected chi connectivity index (χ4v) is 4.09. The molecule has 18 heavy (non-hydrogen) atoms. The number of likely N-dealkylation sites (tertiary alicyclic amines) is 1. The van der Waals surface area contributed by atoms with Gasteiger partial charge in [0.2, 0.25) is 5.91 Å². The quantitative estimate of drug-likeness (QED) is 0.746. The summed E-state index contributed by atoms with van der Waals surface area (Å²) in [6.45, 7) is 4.39. The molecule has 3 nitrogen and oxygen atoms in total. The van der Waals surface area contributed by atoms with Crippen molar-refractivity contribution in [1.29, 1.82) is 0 Å². The Morgan fingerprint density at radius 1 is 1.50 bits per heavy atom. The Hall–Kier alpha value is 0.0700. The number of thioether (sulfide) groups is 1. The molecule has 2 aliphatic rings. The van der Waals surface area contributed by atoms with Crippen LogP contribution in [0.5, 0.6) is 0 Å². The lowest BCUT2D eigenvalue weighted by Crippen LogP contribution is -2.48. The Morgan fingerprint density at radius 3 is 2.78 bits per heavy atom. The Balaban J connectivity index is 1.80. The van der Waals surface area contributed by atoms with Crippen LogP contribution < -0.4 is 0 Å². The highest BCUT2D eigenvalue weighted by molar-refractivity contribution is 8.01. The third-order valence-corrected chi connectivity index (χ3v) is 5.49. The molecule has 0 aromatic rings. The summed E-state index contributed by atoms with van der Waals surface area (Å²) in [6.07, 6.45) is 4.38. The van der Waals surface area contributed by atoms with Gasteiger partial charge < -0.3 is 9.64 Å². The maximum absolute atomic E-state index is 12.5. The molecule has 2 fully saturated rings. The van der Waals surface area contributed by atoms with Crippen molar-refractivity contribution < 1.29 is 9.53 Å². The molecular formula is C13H22ClNO2S. The number of nitrogens with zero attached hydrogens (tertiary/aromatic N) is 1. The van der Waals surface area contributed by atoms with Crippen LogP contribution in [0.4, 0.5) is 0 Å². The fraction of sp³-hybridized carbons (Fsp3) is 0.923. The van der Waals surface area contributed by atoms with Gasteiger partial charge in [-0.3, -0.25) is 4.79 Å². The van der Waals surface area contributed by atoms with Crippen LogP contribution >= 0.6 is 23.4 Å². The molecule has 2 heterocycles. The van der Waals surface area contributed by atoms with Gasteiger partial charge >= 0.3 is 0 Å². The molecule has 0 spiro atoms. The van der Waals surface area contributed by atoms with Crippen molar-refractivity contribution in [2.75, 3.05) is 31.3 Å². The van der Waals surface area contributed by atoms with Crippen molar-refractivity contribution in [3.8, 4) is 0 Å². The van der Waals surface area contributed by atoms with E-state index in [0.29, 0.717) is 18.4 Å². The van der Waals surface area contributed by atoms with Crippen LogP contribution in [-0.4, -0.2) is 53.0 Å². The van der Waals surface area contributed by atoms with Gasteiger partial charge in [0.15, 0.2) is 0 Å². The molecule has 0 aliphatic carbocycles.